The summed E-state index contributed by atoms with van der Waals surface area (Å²) in [5.41, 5.74) is 4.29. The van der Waals surface area contributed by atoms with Gasteiger partial charge in [0.1, 0.15) is 5.75 Å². The number of pyridine rings is 1. The highest BCUT2D eigenvalue weighted by atomic mass is 16.3. The molecule has 0 aliphatic rings. The number of hydrogen-bond donors (Lipinski definition) is 6. The van der Waals surface area contributed by atoms with Crippen molar-refractivity contribution in [3.05, 3.63) is 142 Å². The first kappa shape index (κ1) is 27.6. The van der Waals surface area contributed by atoms with E-state index in [1.165, 1.54) is 12.1 Å². The molecule has 208 valence electrons. The van der Waals surface area contributed by atoms with E-state index in [-0.39, 0.29) is 23.4 Å². The largest absolute Gasteiger partial charge is 0.506 e. The summed E-state index contributed by atoms with van der Waals surface area (Å²) < 4.78 is 0. The maximum absolute atomic E-state index is 13.0. The normalized spacial score (nSPS) is 11.9. The highest BCUT2D eigenvalue weighted by Crippen LogP contribution is 2.28. The number of aliphatic hydroxyl groups excluding tert-OH is 1. The quantitative estimate of drug-likeness (QED) is 0.137. The molecule has 4 aromatic carbocycles. The number of anilines is 1. The molecular weight excluding hydrogens is 516 g/mol. The van der Waals surface area contributed by atoms with Crippen molar-refractivity contribution >= 4 is 22.6 Å². The number of fused-ring (bicyclic) bond motifs is 1. The van der Waals surface area contributed by atoms with Crippen LogP contribution in [0.1, 0.15) is 34.4 Å². The van der Waals surface area contributed by atoms with Crippen LogP contribution in [-0.2, 0) is 6.42 Å². The molecule has 5 rings (SSSR count). The van der Waals surface area contributed by atoms with E-state index < -0.39 is 6.10 Å². The number of H-pyrrole nitrogens is 1. The van der Waals surface area contributed by atoms with Gasteiger partial charge in [-0.15, -0.1) is 0 Å². The van der Waals surface area contributed by atoms with Crippen LogP contribution in [0.25, 0.3) is 10.9 Å². The fraction of sp³-hybridized carbons (Fsp3) is 0.152. The summed E-state index contributed by atoms with van der Waals surface area (Å²) in [5.74, 6) is -0.0422. The Labute approximate surface area is 237 Å². The van der Waals surface area contributed by atoms with E-state index >= 15 is 0 Å². The van der Waals surface area contributed by atoms with Crippen LogP contribution in [-0.4, -0.2) is 34.3 Å². The number of carbonyl (C=O) groups excluding carboxylic acids is 1. The van der Waals surface area contributed by atoms with Gasteiger partial charge in [-0.05, 0) is 59.5 Å². The van der Waals surface area contributed by atoms with Crippen LogP contribution in [0.5, 0.6) is 5.75 Å². The van der Waals surface area contributed by atoms with Crippen molar-refractivity contribution in [1.82, 2.24) is 15.6 Å². The van der Waals surface area contributed by atoms with Gasteiger partial charge in [-0.25, -0.2) is 4.79 Å². The topological polar surface area (TPSA) is 126 Å². The maximum Gasteiger partial charge on any atom is 0.319 e. The van der Waals surface area contributed by atoms with E-state index in [1.54, 1.807) is 12.1 Å². The minimum absolute atomic E-state index is 0.0422. The van der Waals surface area contributed by atoms with Gasteiger partial charge < -0.3 is 31.1 Å². The van der Waals surface area contributed by atoms with Gasteiger partial charge in [-0.1, -0.05) is 78.9 Å². The van der Waals surface area contributed by atoms with E-state index in [0.29, 0.717) is 41.7 Å². The number of rotatable bonds is 10. The number of phenols is 1. The van der Waals surface area contributed by atoms with Crippen LogP contribution in [0.15, 0.2) is 114 Å². The Morgan fingerprint density at radius 1 is 0.829 bits per heavy atom. The van der Waals surface area contributed by atoms with Crippen LogP contribution in [0, 0.1) is 0 Å². The van der Waals surface area contributed by atoms with E-state index in [4.69, 9.17) is 0 Å². The number of aliphatic hydroxyl groups is 1. The van der Waals surface area contributed by atoms with Crippen LogP contribution in [0.2, 0.25) is 0 Å². The van der Waals surface area contributed by atoms with Gasteiger partial charge in [0.15, 0.2) is 0 Å². The molecule has 0 radical (unpaired) electrons. The minimum Gasteiger partial charge on any atom is -0.506 e. The molecule has 5 aromatic rings. The van der Waals surface area contributed by atoms with E-state index in [0.717, 1.165) is 16.7 Å². The Bertz CT molecular complexity index is 1630. The lowest BCUT2D eigenvalue weighted by atomic mass is 9.99. The summed E-state index contributed by atoms with van der Waals surface area (Å²) in [4.78, 5) is 27.2. The van der Waals surface area contributed by atoms with Crippen molar-refractivity contribution in [1.29, 1.82) is 0 Å². The van der Waals surface area contributed by atoms with Gasteiger partial charge in [0.2, 0.25) is 5.56 Å². The van der Waals surface area contributed by atoms with Gasteiger partial charge in [-0.3, -0.25) is 4.79 Å². The molecule has 6 N–H and O–H groups in total. The zero-order chi connectivity index (χ0) is 28.6. The third-order valence-corrected chi connectivity index (χ3v) is 6.92. The number of hydrogen-bond acceptors (Lipinski definition) is 5. The second-order valence-electron chi connectivity index (χ2n) is 9.81. The summed E-state index contributed by atoms with van der Waals surface area (Å²) in [7, 11) is 0. The zero-order valence-corrected chi connectivity index (χ0v) is 22.4. The summed E-state index contributed by atoms with van der Waals surface area (Å²) in [6.45, 7) is 0.892. The highest BCUT2D eigenvalue weighted by molar-refractivity contribution is 5.90. The molecule has 0 aliphatic carbocycles. The number of carbonyl (C=O) groups is 1. The minimum atomic E-state index is -0.831. The van der Waals surface area contributed by atoms with Crippen LogP contribution >= 0.6 is 0 Å². The standard InChI is InChI=1S/C33H32N4O4/c38-28-16-14-26(27-15-17-30(40)36-32(27)28)29(39)21-34-19-18-22-8-7-13-25(20-22)35-33(41)37-31(23-9-3-1-4-10-23)24-11-5-2-6-12-24/h1-17,20,29,31,34,38-39H,18-19,21H2,(H,36,40)(H2,35,37,41)/t29-/m1/s1. The molecule has 0 bridgehead atoms. The lowest BCUT2D eigenvalue weighted by molar-refractivity contribution is 0.176. The average molecular weight is 549 g/mol. The third-order valence-electron chi connectivity index (χ3n) is 6.92. The van der Waals surface area contributed by atoms with Crippen molar-refractivity contribution < 1.29 is 15.0 Å². The van der Waals surface area contributed by atoms with Gasteiger partial charge in [0.05, 0.1) is 17.7 Å². The first-order valence-corrected chi connectivity index (χ1v) is 13.5. The number of aromatic amines is 1. The summed E-state index contributed by atoms with van der Waals surface area (Å²) in [6.07, 6.45) is -0.146. The molecule has 8 heteroatoms. The van der Waals surface area contributed by atoms with Crippen molar-refractivity contribution in [2.24, 2.45) is 0 Å². The Morgan fingerprint density at radius 2 is 1.54 bits per heavy atom. The van der Waals surface area contributed by atoms with Gasteiger partial charge in [0.25, 0.3) is 0 Å². The Hall–Kier alpha value is -4.92. The molecule has 0 aliphatic heterocycles. The smallest absolute Gasteiger partial charge is 0.319 e. The van der Waals surface area contributed by atoms with Crippen LogP contribution < -0.4 is 21.5 Å². The van der Waals surface area contributed by atoms with Crippen molar-refractivity contribution in [2.45, 2.75) is 18.6 Å². The van der Waals surface area contributed by atoms with Gasteiger partial charge >= 0.3 is 6.03 Å². The monoisotopic (exact) mass is 548 g/mol. The lowest BCUT2D eigenvalue weighted by Gasteiger charge is -2.20. The molecule has 0 saturated carbocycles. The fourth-order valence-electron chi connectivity index (χ4n) is 4.88. The van der Waals surface area contributed by atoms with Crippen LogP contribution in [0.4, 0.5) is 10.5 Å². The molecule has 41 heavy (non-hydrogen) atoms. The SMILES string of the molecule is O=C(Nc1cccc(CCNC[C@@H](O)c2ccc(O)c3[nH]c(=O)ccc23)c1)NC(c1ccccc1)c1ccccc1. The molecule has 0 fully saturated rings. The van der Waals surface area contributed by atoms with Crippen molar-refractivity contribution in [3.8, 4) is 5.75 Å². The third kappa shape index (κ3) is 7.00. The number of nitrogens with one attached hydrogen (secondary N) is 4. The van der Waals surface area contributed by atoms with Crippen LogP contribution in [0.3, 0.4) is 0 Å². The van der Waals surface area contributed by atoms with E-state index in [9.17, 15) is 19.8 Å². The number of aromatic nitrogens is 1. The van der Waals surface area contributed by atoms with Gasteiger partial charge in [-0.2, -0.15) is 0 Å². The number of amides is 2. The van der Waals surface area contributed by atoms with E-state index in [2.05, 4.69) is 20.9 Å². The molecule has 0 spiro atoms. The first-order chi connectivity index (χ1) is 20.0. The second kappa shape index (κ2) is 13.0. The Morgan fingerprint density at radius 3 is 2.24 bits per heavy atom. The van der Waals surface area contributed by atoms with E-state index in [1.807, 2.05) is 84.9 Å². The molecular formula is C33H32N4O4. The predicted molar refractivity (Wildman–Crippen MR) is 161 cm³/mol. The first-order valence-electron chi connectivity index (χ1n) is 13.5. The van der Waals surface area contributed by atoms with Gasteiger partial charge in [0, 0.05) is 23.7 Å². The molecule has 1 heterocycles. The maximum atomic E-state index is 13.0. The fourth-order valence-corrected chi connectivity index (χ4v) is 4.88. The zero-order valence-electron chi connectivity index (χ0n) is 22.4. The number of aromatic hydroxyl groups is 1. The Balaban J connectivity index is 1.16. The lowest BCUT2D eigenvalue weighted by Crippen LogP contribution is -2.33. The molecule has 8 nitrogen and oxygen atoms in total. The van der Waals surface area contributed by atoms with Crippen molar-refractivity contribution in [2.75, 3.05) is 18.4 Å². The Kier molecular flexibility index (Phi) is 8.73. The number of phenolic OH excluding ortho intramolecular Hbond substituents is 1. The highest BCUT2D eigenvalue weighted by Gasteiger charge is 2.17. The average Bonchev–Trinajstić information content (AvgIpc) is 2.99. The number of benzene rings is 4. The summed E-state index contributed by atoms with van der Waals surface area (Å²) >= 11 is 0. The number of urea groups is 1. The van der Waals surface area contributed by atoms with Crippen molar-refractivity contribution in [3.63, 3.8) is 0 Å². The molecule has 2 amide bonds. The molecule has 1 atom stereocenters. The second-order valence-corrected chi connectivity index (χ2v) is 9.81. The summed E-state index contributed by atoms with van der Waals surface area (Å²) in [5, 5.41) is 30.7. The molecule has 0 unspecified atom stereocenters. The predicted octanol–water partition coefficient (Wildman–Crippen LogP) is 5.01. The summed E-state index contributed by atoms with van der Waals surface area (Å²) in [6, 6.07) is 32.9. The molecule has 0 saturated heterocycles. The molecule has 1 aromatic heterocycles.